The molecule has 0 saturated carbocycles. The lowest BCUT2D eigenvalue weighted by Crippen LogP contribution is -2.28. The summed E-state index contributed by atoms with van der Waals surface area (Å²) >= 11 is 4.97. The van der Waals surface area contributed by atoms with Crippen LogP contribution in [0.1, 0.15) is 18.1 Å². The average molecular weight is 388 g/mol. The lowest BCUT2D eigenvalue weighted by Gasteiger charge is -2.13. The second kappa shape index (κ2) is 11.0. The van der Waals surface area contributed by atoms with Crippen molar-refractivity contribution in [2.75, 3.05) is 26.9 Å². The minimum atomic E-state index is 0.416. The van der Waals surface area contributed by atoms with Crippen molar-refractivity contribution in [3.8, 4) is 17.2 Å². The Morgan fingerprint density at radius 2 is 1.78 bits per heavy atom. The van der Waals surface area contributed by atoms with E-state index in [0.29, 0.717) is 36.4 Å². The molecule has 0 bridgehead atoms. The Morgan fingerprint density at radius 1 is 1.04 bits per heavy atom. The predicted molar refractivity (Wildman–Crippen MR) is 112 cm³/mol. The Morgan fingerprint density at radius 3 is 2.48 bits per heavy atom. The first-order valence-corrected chi connectivity index (χ1v) is 9.13. The summed E-state index contributed by atoms with van der Waals surface area (Å²) in [6.07, 6.45) is 1.66. The molecule has 0 aromatic heterocycles. The maximum atomic E-state index is 5.81. The number of hydrazone groups is 1. The predicted octanol–water partition coefficient (Wildman–Crippen LogP) is 3.28. The van der Waals surface area contributed by atoms with Crippen LogP contribution >= 0.6 is 12.2 Å². The zero-order chi connectivity index (χ0) is 19.5. The molecule has 6 nitrogen and oxygen atoms in total. The van der Waals surface area contributed by atoms with Crippen LogP contribution in [0.5, 0.6) is 17.2 Å². The van der Waals surface area contributed by atoms with Crippen LogP contribution in [-0.2, 0) is 0 Å². The third kappa shape index (κ3) is 7.15. The quantitative estimate of drug-likeness (QED) is 0.298. The van der Waals surface area contributed by atoms with E-state index in [1.165, 1.54) is 5.56 Å². The maximum Gasteiger partial charge on any atom is 0.186 e. The smallest absolute Gasteiger partial charge is 0.186 e. The fourth-order valence-corrected chi connectivity index (χ4v) is 2.21. The van der Waals surface area contributed by atoms with E-state index in [-0.39, 0.29) is 0 Å². The van der Waals surface area contributed by atoms with Crippen molar-refractivity contribution in [3.05, 3.63) is 53.6 Å². The van der Waals surface area contributed by atoms with Crippen LogP contribution in [0, 0.1) is 6.92 Å². The molecule has 0 saturated heterocycles. The van der Waals surface area contributed by atoms with Crippen LogP contribution < -0.4 is 25.0 Å². The molecule has 0 atom stereocenters. The van der Waals surface area contributed by atoms with Gasteiger partial charge in [-0.05, 0) is 62.0 Å². The van der Waals surface area contributed by atoms with Crippen molar-refractivity contribution in [3.63, 3.8) is 0 Å². The molecule has 0 spiro atoms. The summed E-state index contributed by atoms with van der Waals surface area (Å²) in [5.41, 5.74) is 4.78. The summed E-state index contributed by atoms with van der Waals surface area (Å²) in [5, 5.41) is 7.30. The molecule has 144 valence electrons. The lowest BCUT2D eigenvalue weighted by molar-refractivity contribution is 0.208. The van der Waals surface area contributed by atoms with Gasteiger partial charge in [-0.15, -0.1) is 0 Å². The second-order valence-electron chi connectivity index (χ2n) is 5.60. The molecule has 0 aliphatic heterocycles. The van der Waals surface area contributed by atoms with Gasteiger partial charge in [0.2, 0.25) is 0 Å². The van der Waals surface area contributed by atoms with Crippen molar-refractivity contribution in [1.29, 1.82) is 0 Å². The molecule has 0 unspecified atom stereocenters. The Labute approximate surface area is 165 Å². The first-order chi connectivity index (χ1) is 13.1. The third-order valence-electron chi connectivity index (χ3n) is 3.50. The Balaban J connectivity index is 1.90. The number of nitrogens with zero attached hydrogens (tertiary/aromatic N) is 1. The molecule has 0 aliphatic carbocycles. The van der Waals surface area contributed by atoms with E-state index in [1.54, 1.807) is 13.3 Å². The number of aryl methyl sites for hydroxylation is 1. The normalized spacial score (nSPS) is 10.5. The van der Waals surface area contributed by atoms with Gasteiger partial charge in [-0.1, -0.05) is 17.7 Å². The van der Waals surface area contributed by atoms with Gasteiger partial charge in [-0.25, -0.2) is 0 Å². The van der Waals surface area contributed by atoms with E-state index >= 15 is 0 Å². The largest absolute Gasteiger partial charge is 0.490 e. The second-order valence-corrected chi connectivity index (χ2v) is 6.01. The summed E-state index contributed by atoms with van der Waals surface area (Å²) in [6, 6.07) is 13.5. The van der Waals surface area contributed by atoms with Gasteiger partial charge in [-0.3, -0.25) is 5.43 Å². The maximum absolute atomic E-state index is 5.81. The Kier molecular flexibility index (Phi) is 8.38. The number of hydrogen-bond acceptors (Lipinski definition) is 5. The minimum Gasteiger partial charge on any atom is -0.490 e. The van der Waals surface area contributed by atoms with Gasteiger partial charge in [0.05, 0.1) is 12.8 Å². The number of ether oxygens (including phenoxy) is 3. The first kappa shape index (κ1) is 20.5. The van der Waals surface area contributed by atoms with Crippen LogP contribution in [0.15, 0.2) is 47.6 Å². The van der Waals surface area contributed by atoms with Gasteiger partial charge >= 0.3 is 0 Å². The highest BCUT2D eigenvalue weighted by Gasteiger charge is 2.06. The Bertz CT molecular complexity index is 764. The lowest BCUT2D eigenvalue weighted by atomic mass is 10.2. The summed E-state index contributed by atoms with van der Waals surface area (Å²) < 4.78 is 17.2. The first-order valence-electron chi connectivity index (χ1n) is 8.72. The Hall–Kier alpha value is -2.80. The van der Waals surface area contributed by atoms with E-state index in [4.69, 9.17) is 26.4 Å². The fourth-order valence-electron chi connectivity index (χ4n) is 2.16. The number of hydrogen-bond donors (Lipinski definition) is 2. The van der Waals surface area contributed by atoms with E-state index in [9.17, 15) is 0 Å². The van der Waals surface area contributed by atoms with E-state index < -0.39 is 0 Å². The molecule has 2 rings (SSSR count). The molecule has 0 radical (unpaired) electrons. The molecule has 2 N–H and O–H groups in total. The van der Waals surface area contributed by atoms with Gasteiger partial charge in [-0.2, -0.15) is 5.10 Å². The molecule has 27 heavy (non-hydrogen) atoms. The summed E-state index contributed by atoms with van der Waals surface area (Å²) in [6.45, 7) is 5.38. The number of nitrogens with one attached hydrogen (secondary N) is 2. The van der Waals surface area contributed by atoms with Gasteiger partial charge < -0.3 is 19.5 Å². The fraction of sp³-hybridized carbons (Fsp3) is 0.300. The number of thiocarbonyl (C=S) groups is 1. The van der Waals surface area contributed by atoms with Gasteiger partial charge in [0, 0.05) is 7.05 Å². The highest BCUT2D eigenvalue weighted by Crippen LogP contribution is 2.28. The summed E-state index contributed by atoms with van der Waals surface area (Å²) in [4.78, 5) is 0. The summed E-state index contributed by atoms with van der Waals surface area (Å²) in [5.74, 6) is 2.15. The van der Waals surface area contributed by atoms with Crippen molar-refractivity contribution in [1.82, 2.24) is 10.7 Å². The van der Waals surface area contributed by atoms with Crippen LogP contribution in [-0.4, -0.2) is 38.2 Å². The topological polar surface area (TPSA) is 64.1 Å². The highest BCUT2D eigenvalue weighted by molar-refractivity contribution is 7.80. The van der Waals surface area contributed by atoms with Crippen molar-refractivity contribution in [2.24, 2.45) is 5.10 Å². The SMILES string of the molecule is CCOc1cc(/C=N\NC(=S)NC)ccc1OCCOc1ccc(C)cc1. The van der Waals surface area contributed by atoms with E-state index in [0.717, 1.165) is 11.3 Å². The number of rotatable bonds is 9. The van der Waals surface area contributed by atoms with Crippen molar-refractivity contribution >= 4 is 23.5 Å². The number of benzene rings is 2. The zero-order valence-electron chi connectivity index (χ0n) is 15.8. The van der Waals surface area contributed by atoms with Crippen molar-refractivity contribution in [2.45, 2.75) is 13.8 Å². The van der Waals surface area contributed by atoms with Crippen molar-refractivity contribution < 1.29 is 14.2 Å². The van der Waals surface area contributed by atoms with Crippen LogP contribution in [0.2, 0.25) is 0 Å². The average Bonchev–Trinajstić information content (AvgIpc) is 2.68. The van der Waals surface area contributed by atoms with Crippen LogP contribution in [0.25, 0.3) is 0 Å². The molecule has 2 aromatic carbocycles. The highest BCUT2D eigenvalue weighted by atomic mass is 32.1. The molecular formula is C20H25N3O3S. The standard InChI is InChI=1S/C20H25N3O3S/c1-4-24-19-13-16(14-22-23-20(27)21-3)7-10-18(19)26-12-11-25-17-8-5-15(2)6-9-17/h5-10,13-14H,4,11-12H2,1-3H3,(H2,21,23,27)/b22-14-. The molecule has 2 aromatic rings. The van der Waals surface area contributed by atoms with Crippen LogP contribution in [0.3, 0.4) is 0 Å². The summed E-state index contributed by atoms with van der Waals surface area (Å²) in [7, 11) is 1.73. The van der Waals surface area contributed by atoms with E-state index in [1.807, 2.05) is 56.3 Å². The zero-order valence-corrected chi connectivity index (χ0v) is 16.6. The molecule has 0 fully saturated rings. The molecular weight excluding hydrogens is 362 g/mol. The molecule has 0 heterocycles. The van der Waals surface area contributed by atoms with Gasteiger partial charge in [0.15, 0.2) is 16.6 Å². The molecule has 0 amide bonds. The van der Waals surface area contributed by atoms with E-state index in [2.05, 4.69) is 15.8 Å². The third-order valence-corrected chi connectivity index (χ3v) is 3.80. The monoisotopic (exact) mass is 387 g/mol. The van der Waals surface area contributed by atoms with Crippen LogP contribution in [0.4, 0.5) is 0 Å². The minimum absolute atomic E-state index is 0.416. The molecule has 7 heteroatoms. The van der Waals surface area contributed by atoms with Gasteiger partial charge in [0.1, 0.15) is 19.0 Å². The molecule has 0 aliphatic rings. The van der Waals surface area contributed by atoms with Gasteiger partial charge in [0.25, 0.3) is 0 Å².